The molecule has 0 aliphatic carbocycles. The number of carbonyl (C=O) groups excluding carboxylic acids is 2. The van der Waals surface area contributed by atoms with E-state index in [0.29, 0.717) is 24.2 Å². The molecule has 5 heteroatoms. The molecule has 1 aromatic carbocycles. The Morgan fingerprint density at radius 2 is 1.78 bits per heavy atom. The van der Waals surface area contributed by atoms with E-state index < -0.39 is 0 Å². The lowest BCUT2D eigenvalue weighted by Crippen LogP contribution is -2.13. The second-order valence-electron chi connectivity index (χ2n) is 3.86. The molecule has 0 saturated heterocycles. The average Bonchev–Trinajstić information content (AvgIpc) is 2.36. The van der Waals surface area contributed by atoms with Crippen molar-refractivity contribution in [1.82, 2.24) is 0 Å². The van der Waals surface area contributed by atoms with E-state index in [4.69, 9.17) is 5.11 Å². The van der Waals surface area contributed by atoms with E-state index in [1.807, 2.05) is 0 Å². The van der Waals surface area contributed by atoms with Gasteiger partial charge in [0.05, 0.1) is 0 Å². The van der Waals surface area contributed by atoms with Gasteiger partial charge in [-0.3, -0.25) is 9.59 Å². The maximum atomic E-state index is 11.5. The molecule has 0 aromatic heterocycles. The summed E-state index contributed by atoms with van der Waals surface area (Å²) in [6, 6.07) is 6.97. The van der Waals surface area contributed by atoms with Crippen molar-refractivity contribution in [3.05, 3.63) is 24.3 Å². The number of rotatable bonds is 6. The molecule has 2 amide bonds. The van der Waals surface area contributed by atoms with Gasteiger partial charge in [-0.25, -0.2) is 0 Å². The molecule has 0 aliphatic heterocycles. The largest absolute Gasteiger partial charge is 0.396 e. The summed E-state index contributed by atoms with van der Waals surface area (Å²) in [5, 5.41) is 14.0. The molecule has 1 aromatic rings. The number of anilines is 2. The molecule has 0 aliphatic rings. The summed E-state index contributed by atoms with van der Waals surface area (Å²) < 4.78 is 0. The Labute approximate surface area is 106 Å². The molecular formula is C13H18N2O3. The van der Waals surface area contributed by atoms with Crippen LogP contribution in [0.2, 0.25) is 0 Å². The van der Waals surface area contributed by atoms with Crippen LogP contribution in [-0.4, -0.2) is 23.5 Å². The summed E-state index contributed by atoms with van der Waals surface area (Å²) in [7, 11) is 0. The summed E-state index contributed by atoms with van der Waals surface area (Å²) in [4.78, 5) is 22.7. The maximum absolute atomic E-state index is 11.5. The van der Waals surface area contributed by atoms with Crippen LogP contribution < -0.4 is 10.6 Å². The van der Waals surface area contributed by atoms with Gasteiger partial charge < -0.3 is 15.7 Å². The topological polar surface area (TPSA) is 78.4 Å². The van der Waals surface area contributed by atoms with E-state index >= 15 is 0 Å². The Balaban J connectivity index is 2.59. The molecule has 5 nitrogen and oxygen atoms in total. The zero-order valence-corrected chi connectivity index (χ0v) is 10.4. The molecule has 98 valence electrons. The van der Waals surface area contributed by atoms with Crippen molar-refractivity contribution in [1.29, 1.82) is 0 Å². The molecular weight excluding hydrogens is 232 g/mol. The van der Waals surface area contributed by atoms with Crippen molar-refractivity contribution in [2.75, 3.05) is 17.2 Å². The predicted molar refractivity (Wildman–Crippen MR) is 70.3 cm³/mol. The summed E-state index contributed by atoms with van der Waals surface area (Å²) in [5.74, 6) is -0.221. The van der Waals surface area contributed by atoms with Crippen LogP contribution in [-0.2, 0) is 9.59 Å². The number of amides is 2. The van der Waals surface area contributed by atoms with Gasteiger partial charge in [0.15, 0.2) is 0 Å². The van der Waals surface area contributed by atoms with Crippen molar-refractivity contribution in [3.63, 3.8) is 0 Å². The van der Waals surface area contributed by atoms with Crippen molar-refractivity contribution >= 4 is 23.2 Å². The van der Waals surface area contributed by atoms with Crippen molar-refractivity contribution in [2.45, 2.75) is 26.2 Å². The fourth-order valence-corrected chi connectivity index (χ4v) is 1.39. The summed E-state index contributed by atoms with van der Waals surface area (Å²) in [6.07, 6.45) is 1.13. The Bertz CT molecular complexity index is 418. The first-order valence-corrected chi connectivity index (χ1v) is 5.96. The highest BCUT2D eigenvalue weighted by Crippen LogP contribution is 2.15. The van der Waals surface area contributed by atoms with Gasteiger partial charge in [0.2, 0.25) is 11.8 Å². The molecule has 3 N–H and O–H groups in total. The normalized spacial score (nSPS) is 9.89. The third-order valence-electron chi connectivity index (χ3n) is 2.31. The Morgan fingerprint density at radius 1 is 1.17 bits per heavy atom. The first kappa shape index (κ1) is 14.2. The molecule has 0 fully saturated rings. The Morgan fingerprint density at radius 3 is 2.33 bits per heavy atom. The molecule has 0 bridgehead atoms. The highest BCUT2D eigenvalue weighted by molar-refractivity contribution is 5.93. The van der Waals surface area contributed by atoms with Crippen LogP contribution >= 0.6 is 0 Å². The van der Waals surface area contributed by atoms with E-state index in [-0.39, 0.29) is 24.8 Å². The van der Waals surface area contributed by atoms with Gasteiger partial charge in [-0.05, 0) is 24.6 Å². The number of nitrogens with one attached hydrogen (secondary N) is 2. The van der Waals surface area contributed by atoms with Gasteiger partial charge in [-0.15, -0.1) is 0 Å². The van der Waals surface area contributed by atoms with Gasteiger partial charge in [-0.2, -0.15) is 0 Å². The van der Waals surface area contributed by atoms with Crippen molar-refractivity contribution in [3.8, 4) is 0 Å². The van der Waals surface area contributed by atoms with Crippen LogP contribution in [0.25, 0.3) is 0 Å². The predicted octanol–water partition coefficient (Wildman–Crippen LogP) is 1.75. The first-order valence-electron chi connectivity index (χ1n) is 5.96. The third kappa shape index (κ3) is 4.97. The van der Waals surface area contributed by atoms with Crippen molar-refractivity contribution < 1.29 is 14.7 Å². The summed E-state index contributed by atoms with van der Waals surface area (Å²) in [5.41, 5.74) is 1.29. The lowest BCUT2D eigenvalue weighted by atomic mass is 10.2. The van der Waals surface area contributed by atoms with Crippen LogP contribution in [0.1, 0.15) is 26.2 Å². The monoisotopic (exact) mass is 250 g/mol. The van der Waals surface area contributed by atoms with Gasteiger partial charge in [-0.1, -0.05) is 13.0 Å². The standard InChI is InChI=1S/C13H18N2O3/c1-2-12(17)14-10-5-3-6-11(9-10)15-13(18)7-4-8-16/h3,5-6,9,16H,2,4,7-8H2,1H3,(H,14,17)(H,15,18). The number of aliphatic hydroxyl groups is 1. The molecule has 0 spiro atoms. The number of hydrogen-bond donors (Lipinski definition) is 3. The number of carbonyl (C=O) groups is 2. The van der Waals surface area contributed by atoms with Crippen LogP contribution in [0.3, 0.4) is 0 Å². The van der Waals surface area contributed by atoms with E-state index in [1.54, 1.807) is 31.2 Å². The van der Waals surface area contributed by atoms with E-state index in [1.165, 1.54) is 0 Å². The lowest BCUT2D eigenvalue weighted by Gasteiger charge is -2.08. The fourth-order valence-electron chi connectivity index (χ4n) is 1.39. The van der Waals surface area contributed by atoms with E-state index in [2.05, 4.69) is 10.6 Å². The Kier molecular flexibility index (Phi) is 5.87. The second-order valence-corrected chi connectivity index (χ2v) is 3.86. The molecule has 0 unspecified atom stereocenters. The number of aliphatic hydroxyl groups excluding tert-OH is 1. The molecule has 0 radical (unpaired) electrons. The SMILES string of the molecule is CCC(=O)Nc1cccc(NC(=O)CCCO)c1. The smallest absolute Gasteiger partial charge is 0.224 e. The second kappa shape index (κ2) is 7.45. The van der Waals surface area contributed by atoms with Gasteiger partial charge in [0, 0.05) is 30.8 Å². The van der Waals surface area contributed by atoms with Gasteiger partial charge >= 0.3 is 0 Å². The first-order chi connectivity index (χ1) is 8.65. The number of benzene rings is 1. The van der Waals surface area contributed by atoms with Gasteiger partial charge in [0.1, 0.15) is 0 Å². The molecule has 0 heterocycles. The highest BCUT2D eigenvalue weighted by Gasteiger charge is 2.03. The van der Waals surface area contributed by atoms with Crippen molar-refractivity contribution in [2.24, 2.45) is 0 Å². The summed E-state index contributed by atoms with van der Waals surface area (Å²) in [6.45, 7) is 1.77. The minimum Gasteiger partial charge on any atom is -0.396 e. The summed E-state index contributed by atoms with van der Waals surface area (Å²) >= 11 is 0. The maximum Gasteiger partial charge on any atom is 0.224 e. The van der Waals surface area contributed by atoms with E-state index in [9.17, 15) is 9.59 Å². The molecule has 1 rings (SSSR count). The molecule has 0 atom stereocenters. The number of hydrogen-bond acceptors (Lipinski definition) is 3. The zero-order valence-electron chi connectivity index (χ0n) is 10.4. The zero-order chi connectivity index (χ0) is 13.4. The van der Waals surface area contributed by atoms with Gasteiger partial charge in [0.25, 0.3) is 0 Å². The molecule has 18 heavy (non-hydrogen) atoms. The van der Waals surface area contributed by atoms with Crippen LogP contribution in [0, 0.1) is 0 Å². The Hall–Kier alpha value is -1.88. The average molecular weight is 250 g/mol. The van der Waals surface area contributed by atoms with Crippen LogP contribution in [0.4, 0.5) is 11.4 Å². The lowest BCUT2D eigenvalue weighted by molar-refractivity contribution is -0.117. The van der Waals surface area contributed by atoms with Crippen LogP contribution in [0.15, 0.2) is 24.3 Å². The fraction of sp³-hybridized carbons (Fsp3) is 0.385. The quantitative estimate of drug-likeness (QED) is 0.719. The minimum atomic E-state index is -0.150. The third-order valence-corrected chi connectivity index (χ3v) is 2.31. The van der Waals surface area contributed by atoms with Crippen LogP contribution in [0.5, 0.6) is 0 Å². The van der Waals surface area contributed by atoms with E-state index in [0.717, 1.165) is 0 Å². The molecule has 0 saturated carbocycles. The minimum absolute atomic E-state index is 0.0000169. The highest BCUT2D eigenvalue weighted by atomic mass is 16.3.